The van der Waals surface area contributed by atoms with Crippen LogP contribution in [0.3, 0.4) is 0 Å². The van der Waals surface area contributed by atoms with Crippen molar-refractivity contribution in [2.24, 2.45) is 0 Å². The zero-order valence-corrected chi connectivity index (χ0v) is 20.6. The molecule has 1 aliphatic heterocycles. The monoisotopic (exact) mass is 492 g/mol. The van der Waals surface area contributed by atoms with Crippen LogP contribution >= 0.6 is 7.82 Å². The van der Waals surface area contributed by atoms with E-state index in [-0.39, 0.29) is 5.75 Å². The third-order valence-corrected chi connectivity index (χ3v) is 7.65. The number of hydrogen-bond acceptors (Lipinski definition) is 7. The van der Waals surface area contributed by atoms with E-state index < -0.39 is 13.8 Å². The van der Waals surface area contributed by atoms with Crippen molar-refractivity contribution in [3.63, 3.8) is 0 Å². The number of carbonyl (C=O) groups is 1. The van der Waals surface area contributed by atoms with Gasteiger partial charge in [-0.05, 0) is 60.4 Å². The molecular weight excluding hydrogens is 467 g/mol. The lowest BCUT2D eigenvalue weighted by molar-refractivity contribution is 0.0600. The van der Waals surface area contributed by atoms with E-state index in [0.29, 0.717) is 17.1 Å². The van der Waals surface area contributed by atoms with Crippen LogP contribution in [0.2, 0.25) is 0 Å². The van der Waals surface area contributed by atoms with Crippen LogP contribution in [0.1, 0.15) is 40.7 Å². The van der Waals surface area contributed by atoms with Crippen molar-refractivity contribution in [1.82, 2.24) is 0 Å². The lowest BCUT2D eigenvalue weighted by Crippen LogP contribution is -2.22. The first-order valence-electron chi connectivity index (χ1n) is 11.2. The Morgan fingerprint density at radius 1 is 0.886 bits per heavy atom. The summed E-state index contributed by atoms with van der Waals surface area (Å²) in [6.07, 6.45) is 3.36. The maximum absolute atomic E-state index is 12.6. The average Bonchev–Trinajstić information content (AvgIpc) is 2.85. The lowest BCUT2D eigenvalue weighted by atomic mass is 9.88. The summed E-state index contributed by atoms with van der Waals surface area (Å²) in [6, 6.07) is 18.6. The van der Waals surface area contributed by atoms with Crippen LogP contribution in [0.15, 0.2) is 60.7 Å². The molecule has 2 aliphatic rings. The molecule has 1 fully saturated rings. The number of hydrogen-bond donors (Lipinski definition) is 0. The highest BCUT2D eigenvalue weighted by Crippen LogP contribution is 2.49. The third kappa shape index (κ3) is 4.27. The van der Waals surface area contributed by atoms with Crippen LogP contribution < -0.4 is 19.7 Å². The van der Waals surface area contributed by atoms with Gasteiger partial charge in [0.2, 0.25) is 0 Å². The molecule has 8 heteroatoms. The van der Waals surface area contributed by atoms with E-state index >= 15 is 0 Å². The van der Waals surface area contributed by atoms with Crippen molar-refractivity contribution in [2.75, 3.05) is 21.3 Å². The number of ether oxygens (including phenoxy) is 2. The number of fused-ring (bicyclic) bond motifs is 2. The first kappa shape index (κ1) is 23.4. The molecule has 1 heterocycles. The van der Waals surface area contributed by atoms with Crippen molar-refractivity contribution in [1.29, 1.82) is 0 Å². The predicted molar refractivity (Wildman–Crippen MR) is 131 cm³/mol. The van der Waals surface area contributed by atoms with Gasteiger partial charge in [-0.3, -0.25) is 9.05 Å². The van der Waals surface area contributed by atoms with Gasteiger partial charge in [-0.15, -0.1) is 0 Å². The predicted octanol–water partition coefficient (Wildman–Crippen LogP) is 4.94. The second-order valence-corrected chi connectivity index (χ2v) is 10.1. The Kier molecular flexibility index (Phi) is 6.24. The summed E-state index contributed by atoms with van der Waals surface area (Å²) in [4.78, 5) is 12.6. The Labute approximate surface area is 203 Å². The summed E-state index contributed by atoms with van der Waals surface area (Å²) in [7, 11) is 0.128. The van der Waals surface area contributed by atoms with Crippen LogP contribution in [0.5, 0.6) is 17.2 Å². The molecule has 0 saturated heterocycles. The van der Waals surface area contributed by atoms with Crippen LogP contribution in [-0.4, -0.2) is 27.3 Å². The number of methoxy groups -OCH3 is 1. The van der Waals surface area contributed by atoms with Gasteiger partial charge in [-0.25, -0.2) is 9.36 Å². The summed E-state index contributed by atoms with van der Waals surface area (Å²) in [6.45, 7) is 0. The summed E-state index contributed by atoms with van der Waals surface area (Å²) >= 11 is 0. The number of rotatable bonds is 6. The highest BCUT2D eigenvalue weighted by atomic mass is 31.2. The molecule has 0 unspecified atom stereocenters. The van der Waals surface area contributed by atoms with E-state index in [0.717, 1.165) is 40.0 Å². The third-order valence-electron chi connectivity index (χ3n) is 6.32. The molecule has 0 bridgehead atoms. The van der Waals surface area contributed by atoms with Crippen LogP contribution in [-0.2, 0) is 18.3 Å². The van der Waals surface area contributed by atoms with Gasteiger partial charge in [0.15, 0.2) is 0 Å². The fraction of sp³-hybridized carbons (Fsp3) is 0.222. The summed E-state index contributed by atoms with van der Waals surface area (Å²) in [5.41, 5.74) is 4.17. The van der Waals surface area contributed by atoms with E-state index in [4.69, 9.17) is 23.0 Å². The van der Waals surface area contributed by atoms with Crippen molar-refractivity contribution < 1.29 is 32.4 Å². The molecule has 3 aromatic rings. The number of benzene rings is 3. The molecule has 0 atom stereocenters. The molecule has 0 amide bonds. The second kappa shape index (κ2) is 9.34. The Morgan fingerprint density at radius 3 is 2.34 bits per heavy atom. The fourth-order valence-electron chi connectivity index (χ4n) is 4.35. The van der Waals surface area contributed by atoms with Gasteiger partial charge in [0, 0.05) is 36.6 Å². The van der Waals surface area contributed by atoms with Crippen molar-refractivity contribution >= 4 is 24.9 Å². The molecule has 180 valence electrons. The maximum Gasteiger partial charge on any atom is 0.529 e. The molecule has 0 radical (unpaired) electrons. The topological polar surface area (TPSA) is 80.3 Å². The largest absolute Gasteiger partial charge is 0.529 e. The number of phosphoric ester groups is 1. The molecule has 3 aromatic carbocycles. The van der Waals surface area contributed by atoms with Gasteiger partial charge in [-0.2, -0.15) is 0 Å². The second-order valence-electron chi connectivity index (χ2n) is 8.24. The number of esters is 1. The lowest BCUT2D eigenvalue weighted by Gasteiger charge is -2.24. The Bertz CT molecular complexity index is 1480. The van der Waals surface area contributed by atoms with E-state index in [2.05, 4.69) is 6.07 Å². The molecule has 35 heavy (non-hydrogen) atoms. The summed E-state index contributed by atoms with van der Waals surface area (Å²) in [5.74, 6) is 1.01. The molecule has 5 rings (SSSR count). The smallest absolute Gasteiger partial charge is 0.465 e. The first-order valence-corrected chi connectivity index (χ1v) is 12.7. The average molecular weight is 492 g/mol. The Morgan fingerprint density at radius 2 is 1.66 bits per heavy atom. The summed E-state index contributed by atoms with van der Waals surface area (Å²) < 4.78 is 39.2. The van der Waals surface area contributed by atoms with Gasteiger partial charge in [0.1, 0.15) is 17.2 Å². The first-order chi connectivity index (χ1) is 17.0. The normalized spacial score (nSPS) is 14.4. The zero-order valence-electron chi connectivity index (χ0n) is 19.7. The molecule has 0 aromatic heterocycles. The Hall–Kier alpha value is -3.38. The molecule has 1 aliphatic carbocycles. The molecule has 0 spiro atoms. The van der Waals surface area contributed by atoms with Gasteiger partial charge >= 0.3 is 13.8 Å². The van der Waals surface area contributed by atoms with Crippen LogP contribution in [0, 0.1) is 0 Å². The van der Waals surface area contributed by atoms with E-state index in [1.165, 1.54) is 33.3 Å². The molecule has 7 nitrogen and oxygen atoms in total. The Balaban J connectivity index is 1.75. The van der Waals surface area contributed by atoms with E-state index in [1.54, 1.807) is 30.3 Å². The van der Waals surface area contributed by atoms with Gasteiger partial charge in [0.05, 0.1) is 12.7 Å². The van der Waals surface area contributed by atoms with E-state index in [9.17, 15) is 9.36 Å². The van der Waals surface area contributed by atoms with Crippen LogP contribution in [0.4, 0.5) is 0 Å². The highest BCUT2D eigenvalue weighted by Gasteiger charge is 2.28. The minimum Gasteiger partial charge on any atom is -0.465 e. The van der Waals surface area contributed by atoms with Crippen molar-refractivity contribution in [2.45, 2.75) is 19.3 Å². The highest BCUT2D eigenvalue weighted by molar-refractivity contribution is 7.48. The zero-order chi connectivity index (χ0) is 24.6. The van der Waals surface area contributed by atoms with Gasteiger partial charge in [0.25, 0.3) is 0 Å². The van der Waals surface area contributed by atoms with Gasteiger partial charge < -0.3 is 14.0 Å². The van der Waals surface area contributed by atoms with Gasteiger partial charge in [-0.1, -0.05) is 29.8 Å². The van der Waals surface area contributed by atoms with Crippen molar-refractivity contribution in [3.8, 4) is 17.2 Å². The molecular formula is C27H25O7P. The summed E-state index contributed by atoms with van der Waals surface area (Å²) in [5, 5.41) is 2.01. The number of phosphoric acid groups is 1. The quantitative estimate of drug-likeness (QED) is 0.279. The number of carbonyl (C=O) groups excluding carboxylic acids is 1. The maximum atomic E-state index is 12.6. The SMILES string of the molecule is COC(=O)c1ccccc1C1=c2ccc(=C3CCC3)cc2Oc2cc(OP(=O)(OC)OC)ccc21. The standard InChI is InChI=1S/C27H25O7P/c1-30-27(28)21-10-5-4-9-20(21)26-22-13-11-18(17-7-6-8-17)15-24(22)33-25-16-19(12-14-23(25)26)34-35(29,31-2)32-3/h4-5,9-16H,6-8H2,1-3H3. The van der Waals surface area contributed by atoms with Crippen molar-refractivity contribution in [3.05, 3.63) is 87.8 Å². The molecule has 1 saturated carbocycles. The fourth-order valence-corrected chi connectivity index (χ4v) is 5.02. The minimum atomic E-state index is -3.75. The molecule has 0 N–H and O–H groups in total. The minimum absolute atomic E-state index is 0.268. The van der Waals surface area contributed by atoms with E-state index in [1.807, 2.05) is 24.3 Å². The van der Waals surface area contributed by atoms with Crippen LogP contribution in [0.25, 0.3) is 11.1 Å².